The van der Waals surface area contributed by atoms with Crippen molar-refractivity contribution in [3.05, 3.63) is 35.7 Å². The normalized spacial score (nSPS) is 21.6. The van der Waals surface area contributed by atoms with Crippen LogP contribution >= 0.6 is 0 Å². The Morgan fingerprint density at radius 2 is 2.44 bits per heavy atom. The zero-order chi connectivity index (χ0) is 11.7. The number of nitrogens with zero attached hydrogens (tertiary/aromatic N) is 1. The van der Waals surface area contributed by atoms with Crippen molar-refractivity contribution in [2.24, 2.45) is 0 Å². The molecule has 1 N–H and O–H groups in total. The summed E-state index contributed by atoms with van der Waals surface area (Å²) in [4.78, 5) is 0. The number of hydrogen-bond acceptors (Lipinski definition) is 1. The lowest BCUT2D eigenvalue weighted by Gasteiger charge is -2.23. The minimum atomic E-state index is -0.250. The summed E-state index contributed by atoms with van der Waals surface area (Å²) >= 11 is 0. The van der Waals surface area contributed by atoms with Crippen molar-refractivity contribution in [1.29, 1.82) is 0 Å². The lowest BCUT2D eigenvalue weighted by molar-refractivity contribution is 0.155. The summed E-state index contributed by atoms with van der Waals surface area (Å²) in [5, 5.41) is 9.98. The van der Waals surface area contributed by atoms with Crippen LogP contribution in [0.2, 0.25) is 0 Å². The fourth-order valence-electron chi connectivity index (χ4n) is 2.86. The van der Waals surface area contributed by atoms with Gasteiger partial charge in [-0.1, -0.05) is 6.08 Å². The summed E-state index contributed by atoms with van der Waals surface area (Å²) in [5.74, 6) is 0. The molecule has 0 bridgehead atoms. The van der Waals surface area contributed by atoms with E-state index in [0.29, 0.717) is 6.04 Å². The van der Waals surface area contributed by atoms with Crippen molar-refractivity contribution in [1.82, 2.24) is 4.57 Å². The van der Waals surface area contributed by atoms with Gasteiger partial charge in [0.15, 0.2) is 0 Å². The third kappa shape index (κ3) is 1.82. The molecule has 1 aromatic heterocycles. The molecule has 0 spiro atoms. The van der Waals surface area contributed by atoms with Gasteiger partial charge < -0.3 is 9.67 Å². The van der Waals surface area contributed by atoms with Crippen LogP contribution in [0.5, 0.6) is 0 Å². The topological polar surface area (TPSA) is 25.2 Å². The summed E-state index contributed by atoms with van der Waals surface area (Å²) in [6.07, 6.45) is 5.81. The second kappa shape index (κ2) is 4.46. The number of hydrogen-bond donors (Lipinski definition) is 1. The first-order chi connectivity index (χ1) is 7.65. The molecule has 16 heavy (non-hydrogen) atoms. The third-order valence-corrected chi connectivity index (χ3v) is 3.57. The fourth-order valence-corrected chi connectivity index (χ4v) is 2.86. The number of aliphatic hydroxyl groups excluding tert-OH is 1. The average Bonchev–Trinajstić information content (AvgIpc) is 2.56. The smallest absolute Gasteiger partial charge is 0.0807 e. The summed E-state index contributed by atoms with van der Waals surface area (Å²) in [7, 11) is 0. The van der Waals surface area contributed by atoms with E-state index < -0.39 is 0 Å². The number of aromatic nitrogens is 1. The van der Waals surface area contributed by atoms with Crippen LogP contribution in [0.4, 0.5) is 0 Å². The van der Waals surface area contributed by atoms with Crippen molar-refractivity contribution >= 4 is 0 Å². The maximum Gasteiger partial charge on any atom is 0.0807 e. The SMILES string of the molecule is C=CCC(C)n1c(C)cc2c1CCCC2O. The van der Waals surface area contributed by atoms with Crippen LogP contribution in [0.1, 0.15) is 55.3 Å². The largest absolute Gasteiger partial charge is 0.388 e. The molecule has 88 valence electrons. The standard InChI is InChI=1S/C14H21NO/c1-4-6-10(2)15-11(3)9-12-13(15)7-5-8-14(12)16/h4,9-10,14,16H,1,5-8H2,2-3H3. The molecule has 1 aliphatic rings. The van der Waals surface area contributed by atoms with Gasteiger partial charge in [-0.2, -0.15) is 0 Å². The molecule has 0 saturated carbocycles. The van der Waals surface area contributed by atoms with Gasteiger partial charge >= 0.3 is 0 Å². The highest BCUT2D eigenvalue weighted by Crippen LogP contribution is 2.34. The molecule has 0 amide bonds. The van der Waals surface area contributed by atoms with Crippen LogP contribution in [-0.4, -0.2) is 9.67 Å². The molecule has 0 fully saturated rings. The van der Waals surface area contributed by atoms with E-state index in [1.807, 2.05) is 6.08 Å². The summed E-state index contributed by atoms with van der Waals surface area (Å²) in [5.41, 5.74) is 3.76. The highest BCUT2D eigenvalue weighted by atomic mass is 16.3. The number of aliphatic hydroxyl groups is 1. The van der Waals surface area contributed by atoms with Gasteiger partial charge in [-0.3, -0.25) is 0 Å². The Kier molecular flexibility index (Phi) is 3.20. The van der Waals surface area contributed by atoms with E-state index in [9.17, 15) is 5.11 Å². The minimum Gasteiger partial charge on any atom is -0.388 e. The average molecular weight is 219 g/mol. The van der Waals surface area contributed by atoms with Gasteiger partial charge in [0.05, 0.1) is 6.10 Å². The van der Waals surface area contributed by atoms with Crippen LogP contribution in [0.3, 0.4) is 0 Å². The Hall–Kier alpha value is -1.02. The van der Waals surface area contributed by atoms with Crippen LogP contribution in [0.15, 0.2) is 18.7 Å². The van der Waals surface area contributed by atoms with Crippen LogP contribution in [0, 0.1) is 6.92 Å². The molecule has 1 heterocycles. The molecule has 2 atom stereocenters. The van der Waals surface area contributed by atoms with Gasteiger partial charge in [0.2, 0.25) is 0 Å². The van der Waals surface area contributed by atoms with Crippen molar-refractivity contribution in [2.45, 2.75) is 51.7 Å². The van der Waals surface area contributed by atoms with Crippen molar-refractivity contribution in [2.75, 3.05) is 0 Å². The van der Waals surface area contributed by atoms with E-state index in [-0.39, 0.29) is 6.10 Å². The van der Waals surface area contributed by atoms with Gasteiger partial charge in [-0.25, -0.2) is 0 Å². The molecule has 0 aromatic carbocycles. The van der Waals surface area contributed by atoms with Crippen molar-refractivity contribution in [3.8, 4) is 0 Å². The van der Waals surface area contributed by atoms with Gasteiger partial charge in [0.25, 0.3) is 0 Å². The molecule has 1 aliphatic carbocycles. The monoisotopic (exact) mass is 219 g/mol. The molecule has 2 heteroatoms. The van der Waals surface area contributed by atoms with Gasteiger partial charge in [0.1, 0.15) is 0 Å². The van der Waals surface area contributed by atoms with Crippen LogP contribution in [-0.2, 0) is 6.42 Å². The maximum atomic E-state index is 9.98. The van der Waals surface area contributed by atoms with Gasteiger partial charge in [-0.05, 0) is 45.6 Å². The van der Waals surface area contributed by atoms with E-state index >= 15 is 0 Å². The Bertz CT molecular complexity index is 392. The lowest BCUT2D eigenvalue weighted by Crippen LogP contribution is -2.15. The van der Waals surface area contributed by atoms with Gasteiger partial charge in [-0.15, -0.1) is 6.58 Å². The van der Waals surface area contributed by atoms with E-state index in [0.717, 1.165) is 31.2 Å². The first-order valence-corrected chi connectivity index (χ1v) is 6.14. The fraction of sp³-hybridized carbons (Fsp3) is 0.571. The first-order valence-electron chi connectivity index (χ1n) is 6.14. The molecule has 1 aromatic rings. The number of fused-ring (bicyclic) bond motifs is 1. The van der Waals surface area contributed by atoms with E-state index in [2.05, 4.69) is 31.1 Å². The molecule has 2 unspecified atom stereocenters. The summed E-state index contributed by atoms with van der Waals surface area (Å²) < 4.78 is 2.37. The van der Waals surface area contributed by atoms with Crippen LogP contribution < -0.4 is 0 Å². The molecular formula is C14H21NO. The Balaban J connectivity index is 2.41. The Morgan fingerprint density at radius 3 is 3.12 bits per heavy atom. The summed E-state index contributed by atoms with van der Waals surface area (Å²) in [6, 6.07) is 2.60. The zero-order valence-corrected chi connectivity index (χ0v) is 10.2. The first kappa shape index (κ1) is 11.5. The lowest BCUT2D eigenvalue weighted by atomic mass is 9.95. The molecule has 0 radical (unpaired) electrons. The zero-order valence-electron chi connectivity index (χ0n) is 10.2. The van der Waals surface area contributed by atoms with E-state index in [1.165, 1.54) is 11.4 Å². The Morgan fingerprint density at radius 1 is 1.69 bits per heavy atom. The molecule has 2 nitrogen and oxygen atoms in total. The second-order valence-electron chi connectivity index (χ2n) is 4.84. The maximum absolute atomic E-state index is 9.98. The molecule has 0 aliphatic heterocycles. The van der Waals surface area contributed by atoms with Crippen molar-refractivity contribution < 1.29 is 5.11 Å². The van der Waals surface area contributed by atoms with Crippen LogP contribution in [0.25, 0.3) is 0 Å². The van der Waals surface area contributed by atoms with E-state index in [4.69, 9.17) is 0 Å². The molecule has 0 saturated heterocycles. The predicted molar refractivity (Wildman–Crippen MR) is 66.6 cm³/mol. The second-order valence-corrected chi connectivity index (χ2v) is 4.84. The molecule has 2 rings (SSSR count). The highest BCUT2D eigenvalue weighted by molar-refractivity contribution is 5.32. The minimum absolute atomic E-state index is 0.250. The highest BCUT2D eigenvalue weighted by Gasteiger charge is 2.24. The van der Waals surface area contributed by atoms with Gasteiger partial charge in [0, 0.05) is 23.0 Å². The Labute approximate surface area is 97.6 Å². The number of aryl methyl sites for hydroxylation is 1. The quantitative estimate of drug-likeness (QED) is 0.775. The molecular weight excluding hydrogens is 198 g/mol. The van der Waals surface area contributed by atoms with Crippen molar-refractivity contribution in [3.63, 3.8) is 0 Å². The number of rotatable bonds is 3. The third-order valence-electron chi connectivity index (χ3n) is 3.57. The summed E-state index contributed by atoms with van der Waals surface area (Å²) in [6.45, 7) is 8.15. The van der Waals surface area contributed by atoms with E-state index in [1.54, 1.807) is 0 Å². The predicted octanol–water partition coefficient (Wildman–Crippen LogP) is 3.30. The number of allylic oxidation sites excluding steroid dienone is 1.